The number of hydrogen-bond acceptors (Lipinski definition) is 2. The van der Waals surface area contributed by atoms with Crippen molar-refractivity contribution in [3.8, 4) is 0 Å². The molecule has 2 amide bonds. The molecule has 0 aromatic heterocycles. The minimum atomic E-state index is -4.45. The molecule has 16 heavy (non-hydrogen) atoms. The van der Waals surface area contributed by atoms with Crippen molar-refractivity contribution in [3.63, 3.8) is 0 Å². The lowest BCUT2D eigenvalue weighted by Crippen LogP contribution is -2.58. The van der Waals surface area contributed by atoms with Gasteiger partial charge in [0.2, 0.25) is 0 Å². The van der Waals surface area contributed by atoms with Crippen LogP contribution in [0.15, 0.2) is 0 Å². The largest absolute Gasteiger partial charge is 0.411 e. The van der Waals surface area contributed by atoms with Crippen LogP contribution < -0.4 is 5.32 Å². The smallest absolute Gasteiger partial charge is 0.377 e. The lowest BCUT2D eigenvalue weighted by Gasteiger charge is -2.36. The van der Waals surface area contributed by atoms with Crippen LogP contribution in [0.2, 0.25) is 0 Å². The summed E-state index contributed by atoms with van der Waals surface area (Å²) in [5.41, 5.74) is 0. The summed E-state index contributed by atoms with van der Waals surface area (Å²) in [6.45, 7) is 3.00. The number of nitrogens with one attached hydrogen (secondary N) is 1. The zero-order chi connectivity index (χ0) is 12.3. The van der Waals surface area contributed by atoms with Crippen molar-refractivity contribution < 1.29 is 22.7 Å². The van der Waals surface area contributed by atoms with E-state index in [4.69, 9.17) is 4.74 Å². The van der Waals surface area contributed by atoms with Crippen molar-refractivity contribution in [2.24, 2.45) is 0 Å². The van der Waals surface area contributed by atoms with Gasteiger partial charge in [-0.3, -0.25) is 0 Å². The molecule has 0 unspecified atom stereocenters. The summed E-state index contributed by atoms with van der Waals surface area (Å²) >= 11 is 0. The van der Waals surface area contributed by atoms with Crippen LogP contribution in [0.1, 0.15) is 13.8 Å². The Kier molecular flexibility index (Phi) is 4.01. The lowest BCUT2D eigenvalue weighted by atomic mass is 10.2. The molecule has 1 aliphatic rings. The number of carbonyl (C=O) groups is 1. The van der Waals surface area contributed by atoms with Crippen molar-refractivity contribution in [2.45, 2.75) is 32.1 Å². The summed E-state index contributed by atoms with van der Waals surface area (Å²) in [6.07, 6.45) is -4.45. The molecule has 0 spiro atoms. The zero-order valence-electron chi connectivity index (χ0n) is 9.17. The summed E-state index contributed by atoms with van der Waals surface area (Å²) in [7, 11) is 0. The molecule has 1 fully saturated rings. The van der Waals surface area contributed by atoms with Crippen molar-refractivity contribution in [2.75, 3.05) is 19.8 Å². The van der Waals surface area contributed by atoms with Gasteiger partial charge in [0.25, 0.3) is 0 Å². The molecule has 94 valence electrons. The van der Waals surface area contributed by atoms with Gasteiger partial charge in [-0.05, 0) is 13.8 Å². The van der Waals surface area contributed by atoms with Crippen LogP contribution in [-0.2, 0) is 4.74 Å². The fourth-order valence-electron chi connectivity index (χ4n) is 1.45. The third-order valence-electron chi connectivity index (χ3n) is 2.18. The van der Waals surface area contributed by atoms with E-state index in [1.165, 1.54) is 0 Å². The van der Waals surface area contributed by atoms with Gasteiger partial charge in [0.15, 0.2) is 6.04 Å². The van der Waals surface area contributed by atoms with Gasteiger partial charge in [-0.15, -0.1) is 0 Å². The minimum absolute atomic E-state index is 0.0390. The highest BCUT2D eigenvalue weighted by atomic mass is 19.4. The normalized spacial score (nSPS) is 22.4. The molecule has 4 nitrogen and oxygen atoms in total. The highest BCUT2D eigenvalue weighted by Gasteiger charge is 2.47. The number of alkyl halides is 3. The molecule has 1 atom stereocenters. The number of hydrogen-bond donors (Lipinski definition) is 1. The maximum absolute atomic E-state index is 12.6. The zero-order valence-corrected chi connectivity index (χ0v) is 9.17. The molecule has 1 aliphatic heterocycles. The number of urea groups is 1. The molecule has 0 aromatic rings. The van der Waals surface area contributed by atoms with Gasteiger partial charge in [-0.2, -0.15) is 13.2 Å². The second-order valence-electron chi connectivity index (χ2n) is 3.93. The van der Waals surface area contributed by atoms with Crippen molar-refractivity contribution >= 4 is 6.03 Å². The van der Waals surface area contributed by atoms with Crippen LogP contribution in [0.4, 0.5) is 18.0 Å². The van der Waals surface area contributed by atoms with Gasteiger partial charge in [-0.25, -0.2) is 4.79 Å². The van der Waals surface area contributed by atoms with Crippen LogP contribution in [0.3, 0.4) is 0 Å². The molecule has 0 saturated carbocycles. The molecule has 0 bridgehead atoms. The fourth-order valence-corrected chi connectivity index (χ4v) is 1.45. The highest BCUT2D eigenvalue weighted by Crippen LogP contribution is 2.27. The first kappa shape index (κ1) is 13.1. The van der Waals surface area contributed by atoms with Gasteiger partial charge in [-0.1, -0.05) is 0 Å². The van der Waals surface area contributed by atoms with Gasteiger partial charge < -0.3 is 15.0 Å². The van der Waals surface area contributed by atoms with E-state index in [-0.39, 0.29) is 19.2 Å². The third kappa shape index (κ3) is 3.26. The predicted octanol–water partition coefficient (Wildman–Crippen LogP) is 1.37. The standard InChI is InChI=1S/C9H15F3N2O2/c1-6(2)13-8(15)14-3-4-16-5-7(14)9(10,11)12/h6-7H,3-5H2,1-2H3,(H,13,15)/t7-/m1/s1. The van der Waals surface area contributed by atoms with Gasteiger partial charge in [0.05, 0.1) is 13.2 Å². The number of halogens is 3. The molecule has 0 radical (unpaired) electrons. The molecule has 1 heterocycles. The van der Waals surface area contributed by atoms with Crippen LogP contribution in [0.5, 0.6) is 0 Å². The molecule has 0 aromatic carbocycles. The number of nitrogens with zero attached hydrogens (tertiary/aromatic N) is 1. The number of morpholine rings is 1. The molecule has 1 N–H and O–H groups in total. The van der Waals surface area contributed by atoms with E-state index in [9.17, 15) is 18.0 Å². The average molecular weight is 240 g/mol. The van der Waals surface area contributed by atoms with E-state index in [1.54, 1.807) is 13.8 Å². The summed E-state index contributed by atoms with van der Waals surface area (Å²) in [5.74, 6) is 0. The highest BCUT2D eigenvalue weighted by molar-refractivity contribution is 5.75. The third-order valence-corrected chi connectivity index (χ3v) is 2.18. The maximum atomic E-state index is 12.6. The second kappa shape index (κ2) is 4.90. The number of amides is 2. The second-order valence-corrected chi connectivity index (χ2v) is 3.93. The quantitative estimate of drug-likeness (QED) is 0.752. The summed E-state index contributed by atoms with van der Waals surface area (Å²) < 4.78 is 42.5. The van der Waals surface area contributed by atoms with Crippen molar-refractivity contribution in [1.29, 1.82) is 0 Å². The first-order valence-electron chi connectivity index (χ1n) is 5.04. The molecule has 7 heteroatoms. The minimum Gasteiger partial charge on any atom is -0.377 e. The van der Waals surface area contributed by atoms with Crippen molar-refractivity contribution in [1.82, 2.24) is 10.2 Å². The van der Waals surface area contributed by atoms with Crippen LogP contribution in [0.25, 0.3) is 0 Å². The Hall–Kier alpha value is -0.980. The molecular weight excluding hydrogens is 225 g/mol. The summed E-state index contributed by atoms with van der Waals surface area (Å²) in [5, 5.41) is 2.45. The van der Waals surface area contributed by atoms with E-state index in [2.05, 4.69) is 5.32 Å². The Bertz CT molecular complexity index is 256. The number of ether oxygens (including phenoxy) is 1. The van der Waals surface area contributed by atoms with Crippen LogP contribution in [-0.4, -0.2) is 48.9 Å². The fraction of sp³-hybridized carbons (Fsp3) is 0.889. The molecule has 1 saturated heterocycles. The first-order valence-corrected chi connectivity index (χ1v) is 5.04. The van der Waals surface area contributed by atoms with Crippen molar-refractivity contribution in [3.05, 3.63) is 0 Å². The van der Waals surface area contributed by atoms with E-state index in [0.717, 1.165) is 4.90 Å². The van der Waals surface area contributed by atoms with Gasteiger partial charge in [0, 0.05) is 12.6 Å². The topological polar surface area (TPSA) is 41.6 Å². The Labute approximate surface area is 91.7 Å². The first-order chi connectivity index (χ1) is 7.32. The predicted molar refractivity (Wildman–Crippen MR) is 51.0 cm³/mol. The van der Waals surface area contributed by atoms with E-state index in [0.29, 0.717) is 0 Å². The molecule has 1 rings (SSSR count). The molecular formula is C9H15F3N2O2. The van der Waals surface area contributed by atoms with E-state index >= 15 is 0 Å². The Morgan fingerprint density at radius 2 is 2.12 bits per heavy atom. The average Bonchev–Trinajstić information content (AvgIpc) is 2.15. The summed E-state index contributed by atoms with van der Waals surface area (Å²) in [6, 6.07) is -2.73. The Morgan fingerprint density at radius 1 is 1.50 bits per heavy atom. The monoisotopic (exact) mass is 240 g/mol. The lowest BCUT2D eigenvalue weighted by molar-refractivity contribution is -0.202. The van der Waals surface area contributed by atoms with Crippen LogP contribution in [0, 0.1) is 0 Å². The number of carbonyl (C=O) groups excluding carboxylic acids is 1. The summed E-state index contributed by atoms with van der Waals surface area (Å²) in [4.78, 5) is 12.3. The maximum Gasteiger partial charge on any atom is 0.411 e. The van der Waals surface area contributed by atoms with Crippen LogP contribution >= 0.6 is 0 Å². The Balaban J connectivity index is 2.70. The Morgan fingerprint density at radius 3 is 2.62 bits per heavy atom. The number of rotatable bonds is 1. The SMILES string of the molecule is CC(C)NC(=O)N1CCOC[C@@H]1C(F)(F)F. The molecule has 0 aliphatic carbocycles. The van der Waals surface area contributed by atoms with Gasteiger partial charge in [0.1, 0.15) is 0 Å². The van der Waals surface area contributed by atoms with E-state index < -0.39 is 24.9 Å². The van der Waals surface area contributed by atoms with Gasteiger partial charge >= 0.3 is 12.2 Å². The van der Waals surface area contributed by atoms with E-state index in [1.807, 2.05) is 0 Å².